The van der Waals surface area contributed by atoms with E-state index in [4.69, 9.17) is 0 Å². The van der Waals surface area contributed by atoms with Gasteiger partial charge in [0.15, 0.2) is 0 Å². The number of aryl methyl sites for hydroxylation is 1. The van der Waals surface area contributed by atoms with Crippen LogP contribution in [0.4, 0.5) is 16.2 Å². The van der Waals surface area contributed by atoms with Crippen molar-refractivity contribution in [3.63, 3.8) is 0 Å². The van der Waals surface area contributed by atoms with Gasteiger partial charge in [-0.3, -0.25) is 19.4 Å². The zero-order chi connectivity index (χ0) is 19.7. The number of nitrogens with one attached hydrogen (secondary N) is 1. The topological polar surface area (TPSA) is 69.7 Å². The molecule has 1 aliphatic rings. The van der Waals surface area contributed by atoms with Crippen molar-refractivity contribution in [2.45, 2.75) is 19.9 Å². The molecule has 0 aromatic heterocycles. The van der Waals surface area contributed by atoms with E-state index in [1.165, 1.54) is 4.90 Å². The molecular weight excluding hydrogens is 478 g/mol. The molecule has 0 bridgehead atoms. The lowest BCUT2D eigenvalue weighted by Gasteiger charge is -2.19. The van der Waals surface area contributed by atoms with E-state index in [2.05, 4.69) is 37.2 Å². The van der Waals surface area contributed by atoms with Gasteiger partial charge in [-0.1, -0.05) is 33.6 Å². The number of amides is 4. The molecule has 0 radical (unpaired) electrons. The second-order valence-electron chi connectivity index (χ2n) is 6.26. The Morgan fingerprint density at radius 2 is 1.78 bits per heavy atom. The summed E-state index contributed by atoms with van der Waals surface area (Å²) in [5.74, 6) is -0.844. The summed E-state index contributed by atoms with van der Waals surface area (Å²) < 4.78 is 1.55. The molecule has 8 heteroatoms. The van der Waals surface area contributed by atoms with Crippen molar-refractivity contribution in [1.82, 2.24) is 4.90 Å². The van der Waals surface area contributed by atoms with E-state index in [1.54, 1.807) is 37.3 Å². The minimum atomic E-state index is -0.660. The largest absolute Gasteiger partial charge is 0.332 e. The molecule has 27 heavy (non-hydrogen) atoms. The van der Waals surface area contributed by atoms with E-state index in [-0.39, 0.29) is 6.54 Å². The van der Waals surface area contributed by atoms with Gasteiger partial charge in [0.05, 0.1) is 5.69 Å². The minimum Gasteiger partial charge on any atom is -0.323 e. The van der Waals surface area contributed by atoms with E-state index in [1.807, 2.05) is 19.1 Å². The van der Waals surface area contributed by atoms with Gasteiger partial charge in [0, 0.05) is 14.6 Å². The highest BCUT2D eigenvalue weighted by atomic mass is 79.9. The summed E-state index contributed by atoms with van der Waals surface area (Å²) >= 11 is 6.71. The first kappa shape index (κ1) is 19.6. The van der Waals surface area contributed by atoms with Crippen LogP contribution in [0.5, 0.6) is 0 Å². The number of imide groups is 1. The minimum absolute atomic E-state index is 0.340. The van der Waals surface area contributed by atoms with Crippen LogP contribution in [0.15, 0.2) is 51.4 Å². The van der Waals surface area contributed by atoms with Gasteiger partial charge in [0.2, 0.25) is 5.91 Å². The lowest BCUT2D eigenvalue weighted by Crippen LogP contribution is -2.39. The third-order valence-electron chi connectivity index (χ3n) is 4.27. The maximum absolute atomic E-state index is 12.7. The van der Waals surface area contributed by atoms with E-state index >= 15 is 0 Å². The van der Waals surface area contributed by atoms with Crippen molar-refractivity contribution >= 4 is 61.1 Å². The Labute approximate surface area is 173 Å². The summed E-state index contributed by atoms with van der Waals surface area (Å²) in [7, 11) is 0. The molecule has 0 spiro atoms. The highest BCUT2D eigenvalue weighted by Crippen LogP contribution is 2.28. The second-order valence-corrected chi connectivity index (χ2v) is 8.03. The molecule has 3 rings (SSSR count). The summed E-state index contributed by atoms with van der Waals surface area (Å²) in [6.45, 7) is 3.26. The van der Waals surface area contributed by atoms with Gasteiger partial charge >= 0.3 is 6.03 Å². The molecule has 2 aromatic rings. The number of benzene rings is 2. The van der Waals surface area contributed by atoms with Crippen molar-refractivity contribution in [2.24, 2.45) is 0 Å². The lowest BCUT2D eigenvalue weighted by atomic mass is 10.2. The molecule has 1 unspecified atom stereocenters. The normalized spacial score (nSPS) is 16.8. The van der Waals surface area contributed by atoms with Crippen LogP contribution in [0.1, 0.15) is 12.5 Å². The van der Waals surface area contributed by atoms with Gasteiger partial charge in [-0.15, -0.1) is 0 Å². The summed E-state index contributed by atoms with van der Waals surface area (Å²) in [6.07, 6.45) is 0. The lowest BCUT2D eigenvalue weighted by molar-refractivity contribution is -0.130. The Hall–Kier alpha value is -2.19. The van der Waals surface area contributed by atoms with E-state index in [0.29, 0.717) is 15.8 Å². The fraction of sp³-hybridized carbons (Fsp3) is 0.211. The maximum atomic E-state index is 12.7. The van der Waals surface area contributed by atoms with Crippen molar-refractivity contribution in [3.8, 4) is 0 Å². The molecule has 1 saturated heterocycles. The highest BCUT2D eigenvalue weighted by molar-refractivity contribution is 9.11. The second kappa shape index (κ2) is 7.82. The van der Waals surface area contributed by atoms with Crippen LogP contribution in [0.3, 0.4) is 0 Å². The smallest absolute Gasteiger partial charge is 0.323 e. The van der Waals surface area contributed by atoms with Gasteiger partial charge in [0.25, 0.3) is 5.91 Å². The number of hydrogen-bond donors (Lipinski definition) is 1. The summed E-state index contributed by atoms with van der Waals surface area (Å²) in [5.41, 5.74) is 2.25. The van der Waals surface area contributed by atoms with Gasteiger partial charge in [-0.25, -0.2) is 4.79 Å². The Morgan fingerprint density at radius 1 is 1.11 bits per heavy atom. The molecule has 1 fully saturated rings. The average Bonchev–Trinajstić information content (AvgIpc) is 2.82. The number of anilines is 2. The van der Waals surface area contributed by atoms with Crippen LogP contribution >= 0.6 is 31.9 Å². The van der Waals surface area contributed by atoms with E-state index in [9.17, 15) is 14.4 Å². The maximum Gasteiger partial charge on any atom is 0.332 e. The monoisotopic (exact) mass is 493 g/mol. The van der Waals surface area contributed by atoms with Crippen molar-refractivity contribution < 1.29 is 14.4 Å². The Morgan fingerprint density at radius 3 is 2.41 bits per heavy atom. The number of urea groups is 1. The van der Waals surface area contributed by atoms with Crippen LogP contribution in [0.25, 0.3) is 0 Å². The SMILES string of the molecule is Cc1ccc(N2C(=O)N(CC(=O)Nc3ccc(Br)cc3Br)C(=O)C2C)cc1. The zero-order valence-electron chi connectivity index (χ0n) is 14.7. The first-order valence-corrected chi connectivity index (χ1v) is 9.82. The number of rotatable bonds is 4. The molecule has 1 N–H and O–H groups in total. The van der Waals surface area contributed by atoms with Crippen molar-refractivity contribution in [2.75, 3.05) is 16.8 Å². The first-order valence-electron chi connectivity index (χ1n) is 8.24. The predicted octanol–water partition coefficient (Wildman–Crippen LogP) is 4.32. The van der Waals surface area contributed by atoms with Gasteiger partial charge in [-0.05, 0) is 60.1 Å². The van der Waals surface area contributed by atoms with E-state index in [0.717, 1.165) is 14.9 Å². The molecule has 0 saturated carbocycles. The summed E-state index contributed by atoms with van der Waals surface area (Å²) in [4.78, 5) is 40.0. The summed E-state index contributed by atoms with van der Waals surface area (Å²) in [5, 5.41) is 2.71. The molecule has 0 aliphatic carbocycles. The number of hydrogen-bond acceptors (Lipinski definition) is 3. The van der Waals surface area contributed by atoms with Gasteiger partial charge < -0.3 is 5.32 Å². The van der Waals surface area contributed by atoms with Crippen molar-refractivity contribution in [3.05, 3.63) is 57.0 Å². The quantitative estimate of drug-likeness (QED) is 0.643. The highest BCUT2D eigenvalue weighted by Gasteiger charge is 2.44. The predicted molar refractivity (Wildman–Crippen MR) is 111 cm³/mol. The molecule has 6 nitrogen and oxygen atoms in total. The van der Waals surface area contributed by atoms with Crippen LogP contribution < -0.4 is 10.2 Å². The molecule has 4 amide bonds. The molecular formula is C19H17Br2N3O3. The van der Waals surface area contributed by atoms with Crippen molar-refractivity contribution in [1.29, 1.82) is 0 Å². The Balaban J connectivity index is 1.74. The number of halogens is 2. The molecule has 1 atom stereocenters. The number of carbonyl (C=O) groups is 3. The average molecular weight is 495 g/mol. The molecule has 1 aliphatic heterocycles. The molecule has 1 heterocycles. The van der Waals surface area contributed by atoms with Gasteiger partial charge in [-0.2, -0.15) is 0 Å². The Kier molecular flexibility index (Phi) is 5.67. The van der Waals surface area contributed by atoms with Crippen LogP contribution in [-0.4, -0.2) is 35.3 Å². The fourth-order valence-electron chi connectivity index (χ4n) is 2.84. The number of carbonyl (C=O) groups excluding carboxylic acids is 3. The molecule has 140 valence electrons. The molecule has 2 aromatic carbocycles. The summed E-state index contributed by atoms with van der Waals surface area (Å²) in [6, 6.07) is 11.5. The fourth-order valence-corrected chi connectivity index (χ4v) is 3.98. The third kappa shape index (κ3) is 4.06. The zero-order valence-corrected chi connectivity index (χ0v) is 17.9. The van der Waals surface area contributed by atoms with Crippen LogP contribution in [-0.2, 0) is 9.59 Å². The van der Waals surface area contributed by atoms with Crippen LogP contribution in [0.2, 0.25) is 0 Å². The number of nitrogens with zero attached hydrogens (tertiary/aromatic N) is 2. The third-order valence-corrected chi connectivity index (χ3v) is 5.42. The van der Waals surface area contributed by atoms with Gasteiger partial charge in [0.1, 0.15) is 12.6 Å². The standard InChI is InChI=1S/C19H17Br2N3O3/c1-11-3-6-14(7-4-11)24-12(2)18(26)23(19(24)27)10-17(25)22-16-8-5-13(20)9-15(16)21/h3-9,12H,10H2,1-2H3,(H,22,25). The van der Waals surface area contributed by atoms with E-state index < -0.39 is 23.9 Å². The first-order chi connectivity index (χ1) is 12.8. The van der Waals surface area contributed by atoms with Crippen LogP contribution in [0, 0.1) is 6.92 Å². The Bertz CT molecular complexity index is 915.